The minimum Gasteiger partial charge on any atom is -0.353 e. The van der Waals surface area contributed by atoms with Crippen molar-refractivity contribution in [3.05, 3.63) is 59.1 Å². The Hall–Kier alpha value is -2.71. The smallest absolute Gasteiger partial charge is 0.139 e. The Kier molecular flexibility index (Phi) is 15.4. The molecular formula is C31H49N5. The number of hydrogen-bond donors (Lipinski definition) is 1. The summed E-state index contributed by atoms with van der Waals surface area (Å²) in [6.45, 7) is 19.8. The van der Waals surface area contributed by atoms with Crippen molar-refractivity contribution in [3.8, 4) is 6.07 Å². The molecule has 5 heteroatoms. The van der Waals surface area contributed by atoms with Crippen LogP contribution in [-0.2, 0) is 0 Å². The van der Waals surface area contributed by atoms with Gasteiger partial charge in [-0.2, -0.15) is 5.26 Å². The fourth-order valence-corrected chi connectivity index (χ4v) is 4.30. The Morgan fingerprint density at radius 3 is 2.53 bits per heavy atom. The Morgan fingerprint density at radius 1 is 1.25 bits per heavy atom. The summed E-state index contributed by atoms with van der Waals surface area (Å²) >= 11 is 0. The summed E-state index contributed by atoms with van der Waals surface area (Å²) in [7, 11) is 0. The third-order valence-corrected chi connectivity index (χ3v) is 6.12. The van der Waals surface area contributed by atoms with Crippen molar-refractivity contribution in [3.63, 3.8) is 0 Å². The zero-order chi connectivity index (χ0) is 26.9. The van der Waals surface area contributed by atoms with Crippen molar-refractivity contribution in [2.45, 2.75) is 93.5 Å². The molecule has 1 aliphatic heterocycles. The van der Waals surface area contributed by atoms with E-state index >= 15 is 0 Å². The standard InChI is InChI=1S/C16H24N4.C13H19N.C2H6/c1-4-14(13-5-6-13)15-12(3)18-10-19-16(15)20-8-7-17-11(2)9-20;1-4-6-7-9-13(11-14)10-12(3)8-5-2;1-2/h4,10-11,13,17H,5-9H2,1-3H3;6-7,9-10H,4-5,8H2,1-3H3;1-2H3/b14-4-;7-6+,12-10+,13-9+;. The van der Waals surface area contributed by atoms with E-state index in [9.17, 15) is 0 Å². The van der Waals surface area contributed by atoms with Gasteiger partial charge in [0.1, 0.15) is 12.1 Å². The highest BCUT2D eigenvalue weighted by molar-refractivity contribution is 5.78. The molecule has 1 aromatic rings. The third-order valence-electron chi connectivity index (χ3n) is 6.12. The van der Waals surface area contributed by atoms with E-state index in [0.717, 1.165) is 61.9 Å². The van der Waals surface area contributed by atoms with Gasteiger partial charge < -0.3 is 10.2 Å². The summed E-state index contributed by atoms with van der Waals surface area (Å²) in [4.78, 5) is 11.5. The maximum atomic E-state index is 8.85. The van der Waals surface area contributed by atoms with Gasteiger partial charge in [-0.25, -0.2) is 9.97 Å². The van der Waals surface area contributed by atoms with Crippen LogP contribution in [0.25, 0.3) is 5.57 Å². The number of nitrogens with zero attached hydrogens (tertiary/aromatic N) is 4. The van der Waals surface area contributed by atoms with Crippen LogP contribution in [0, 0.1) is 24.2 Å². The van der Waals surface area contributed by atoms with Gasteiger partial charge in [0.05, 0.1) is 17.3 Å². The van der Waals surface area contributed by atoms with Crippen molar-refractivity contribution in [2.75, 3.05) is 24.5 Å². The molecule has 1 N–H and O–H groups in total. The minimum absolute atomic E-state index is 0.516. The Bertz CT molecular complexity index is 944. The van der Waals surface area contributed by atoms with E-state index in [1.54, 1.807) is 6.33 Å². The highest BCUT2D eigenvalue weighted by atomic mass is 15.2. The largest absolute Gasteiger partial charge is 0.353 e. The summed E-state index contributed by atoms with van der Waals surface area (Å²) in [5.74, 6) is 1.86. The lowest BCUT2D eigenvalue weighted by Crippen LogP contribution is -2.49. The molecule has 36 heavy (non-hydrogen) atoms. The summed E-state index contributed by atoms with van der Waals surface area (Å²) in [5, 5.41) is 12.3. The monoisotopic (exact) mass is 491 g/mol. The van der Waals surface area contributed by atoms with Crippen LogP contribution in [0.5, 0.6) is 0 Å². The summed E-state index contributed by atoms with van der Waals surface area (Å²) < 4.78 is 0. The van der Waals surface area contributed by atoms with Gasteiger partial charge in [-0.3, -0.25) is 0 Å². The molecule has 198 valence electrons. The van der Waals surface area contributed by atoms with Crippen molar-refractivity contribution >= 4 is 11.4 Å². The number of nitrogens with one attached hydrogen (secondary N) is 1. The van der Waals surface area contributed by atoms with E-state index in [1.807, 2.05) is 38.2 Å². The molecule has 1 atom stereocenters. The fraction of sp³-hybridized carbons (Fsp3) is 0.581. The Morgan fingerprint density at radius 2 is 1.97 bits per heavy atom. The first-order valence-corrected chi connectivity index (χ1v) is 13.9. The van der Waals surface area contributed by atoms with Gasteiger partial charge in [0, 0.05) is 31.2 Å². The highest BCUT2D eigenvalue weighted by Gasteiger charge is 2.31. The van der Waals surface area contributed by atoms with Gasteiger partial charge in [0.15, 0.2) is 0 Å². The number of hydrogen-bond acceptors (Lipinski definition) is 5. The number of aryl methyl sites for hydroxylation is 1. The van der Waals surface area contributed by atoms with E-state index < -0.39 is 0 Å². The number of aromatic nitrogens is 2. The SMILES string of the molecule is C/C=C(\c1c(C)ncnc1N1CCNC(C)C1)C1CC1.CC.CC/C=C/C=C(C#N)\C=C(/C)CCC. The quantitative estimate of drug-likeness (QED) is 0.300. The number of nitriles is 1. The van der Waals surface area contributed by atoms with Crippen LogP contribution in [0.1, 0.15) is 91.8 Å². The normalized spacial score (nSPS) is 18.7. The van der Waals surface area contributed by atoms with E-state index in [0.29, 0.717) is 6.04 Å². The minimum atomic E-state index is 0.516. The summed E-state index contributed by atoms with van der Waals surface area (Å²) in [6.07, 6.45) is 17.6. The van der Waals surface area contributed by atoms with E-state index in [2.05, 4.69) is 73.9 Å². The van der Waals surface area contributed by atoms with Gasteiger partial charge >= 0.3 is 0 Å². The maximum Gasteiger partial charge on any atom is 0.139 e. The first-order chi connectivity index (χ1) is 17.4. The third kappa shape index (κ3) is 10.5. The first-order valence-electron chi connectivity index (χ1n) is 13.9. The Balaban J connectivity index is 0.000000359. The molecule has 0 aromatic carbocycles. The molecular weight excluding hydrogens is 442 g/mol. The van der Waals surface area contributed by atoms with Gasteiger partial charge in [-0.05, 0) is 77.0 Å². The molecule has 1 aromatic heterocycles. The lowest BCUT2D eigenvalue weighted by Gasteiger charge is -2.34. The second-order valence-corrected chi connectivity index (χ2v) is 9.29. The average Bonchev–Trinajstić information content (AvgIpc) is 3.72. The predicted octanol–water partition coefficient (Wildman–Crippen LogP) is 7.57. The van der Waals surface area contributed by atoms with E-state index in [-0.39, 0.29) is 0 Å². The van der Waals surface area contributed by atoms with Gasteiger partial charge in [0.2, 0.25) is 0 Å². The molecule has 0 radical (unpaired) electrons. The second-order valence-electron chi connectivity index (χ2n) is 9.29. The molecule has 0 spiro atoms. The molecule has 1 aliphatic carbocycles. The molecule has 5 nitrogen and oxygen atoms in total. The number of allylic oxidation sites excluding steroid dienone is 8. The van der Waals surface area contributed by atoms with Gasteiger partial charge in [-0.15, -0.1) is 0 Å². The van der Waals surface area contributed by atoms with Crippen LogP contribution in [0.3, 0.4) is 0 Å². The zero-order valence-electron chi connectivity index (χ0n) is 24.1. The topological polar surface area (TPSA) is 64.8 Å². The molecule has 2 aliphatic rings. The summed E-state index contributed by atoms with van der Waals surface area (Å²) in [6, 6.07) is 2.70. The highest BCUT2D eigenvalue weighted by Crippen LogP contribution is 2.44. The van der Waals surface area contributed by atoms with Crippen LogP contribution < -0.4 is 10.2 Å². The van der Waals surface area contributed by atoms with Crippen LogP contribution in [0.4, 0.5) is 5.82 Å². The molecule has 2 fully saturated rings. The van der Waals surface area contributed by atoms with Gasteiger partial charge in [-0.1, -0.05) is 57.9 Å². The van der Waals surface area contributed by atoms with Crippen molar-refractivity contribution in [1.82, 2.24) is 15.3 Å². The van der Waals surface area contributed by atoms with Gasteiger partial charge in [0.25, 0.3) is 0 Å². The molecule has 3 rings (SSSR count). The Labute approximate surface area is 221 Å². The lowest BCUT2D eigenvalue weighted by atomic mass is 9.99. The van der Waals surface area contributed by atoms with Crippen molar-refractivity contribution < 1.29 is 0 Å². The number of piperazine rings is 1. The van der Waals surface area contributed by atoms with Crippen LogP contribution in [0.15, 0.2) is 47.9 Å². The van der Waals surface area contributed by atoms with Crippen LogP contribution in [-0.4, -0.2) is 35.6 Å². The van der Waals surface area contributed by atoms with Crippen LogP contribution in [0.2, 0.25) is 0 Å². The second kappa shape index (κ2) is 17.7. The molecule has 1 unspecified atom stereocenters. The average molecular weight is 492 g/mol. The zero-order valence-corrected chi connectivity index (χ0v) is 24.1. The molecule has 0 bridgehead atoms. The fourth-order valence-electron chi connectivity index (χ4n) is 4.30. The molecule has 1 saturated carbocycles. The summed E-state index contributed by atoms with van der Waals surface area (Å²) in [5.41, 5.74) is 5.85. The van der Waals surface area contributed by atoms with Crippen molar-refractivity contribution in [2.24, 2.45) is 5.92 Å². The number of anilines is 1. The molecule has 2 heterocycles. The van der Waals surface area contributed by atoms with Crippen molar-refractivity contribution in [1.29, 1.82) is 5.26 Å². The van der Waals surface area contributed by atoms with E-state index in [4.69, 9.17) is 5.26 Å². The van der Waals surface area contributed by atoms with E-state index in [1.165, 1.54) is 29.6 Å². The van der Waals surface area contributed by atoms with Crippen LogP contribution >= 0.6 is 0 Å². The lowest BCUT2D eigenvalue weighted by molar-refractivity contribution is 0.482. The number of rotatable bonds is 8. The predicted molar refractivity (Wildman–Crippen MR) is 156 cm³/mol. The molecule has 1 saturated heterocycles. The first kappa shape index (κ1) is 31.3. The molecule has 0 amide bonds. The maximum absolute atomic E-state index is 8.85.